The molecule has 6 heteroatoms. The van der Waals surface area contributed by atoms with Crippen LogP contribution in [0.25, 0.3) is 22.0 Å². The van der Waals surface area contributed by atoms with Crippen LogP contribution in [0.2, 0.25) is 5.02 Å². The summed E-state index contributed by atoms with van der Waals surface area (Å²) >= 11 is 6.18. The summed E-state index contributed by atoms with van der Waals surface area (Å²) in [5.41, 5.74) is 5.10. The first-order chi connectivity index (χ1) is 15.6. The average molecular weight is 455 g/mol. The highest BCUT2D eigenvalue weighted by molar-refractivity contribution is 6.30. The fourth-order valence-electron chi connectivity index (χ4n) is 4.32. The summed E-state index contributed by atoms with van der Waals surface area (Å²) in [6.45, 7) is 7.89. The van der Waals surface area contributed by atoms with E-state index in [0.29, 0.717) is 11.6 Å². The van der Waals surface area contributed by atoms with E-state index in [1.807, 2.05) is 24.3 Å². The number of hydrogen-bond donors (Lipinski definition) is 1. The molecule has 0 saturated carbocycles. The van der Waals surface area contributed by atoms with E-state index in [0.717, 1.165) is 78.1 Å². The van der Waals surface area contributed by atoms with Crippen molar-refractivity contribution < 1.29 is 14.6 Å². The van der Waals surface area contributed by atoms with E-state index in [-0.39, 0.29) is 6.61 Å². The number of rotatable bonds is 8. The van der Waals surface area contributed by atoms with Crippen LogP contribution in [0.3, 0.4) is 0 Å². The summed E-state index contributed by atoms with van der Waals surface area (Å²) < 4.78 is 11.6. The Labute approximate surface area is 194 Å². The van der Waals surface area contributed by atoms with Crippen LogP contribution in [0.5, 0.6) is 0 Å². The Morgan fingerprint density at radius 1 is 1.16 bits per heavy atom. The normalized spacial score (nSPS) is 15.3. The van der Waals surface area contributed by atoms with E-state index in [9.17, 15) is 5.11 Å². The van der Waals surface area contributed by atoms with Gasteiger partial charge in [-0.1, -0.05) is 37.1 Å². The maximum atomic E-state index is 10.2. The predicted octanol–water partition coefficient (Wildman–Crippen LogP) is 5.55. The minimum Gasteiger partial charge on any atom is -0.393 e. The molecule has 0 radical (unpaired) electrons. The van der Waals surface area contributed by atoms with Crippen LogP contribution in [-0.2, 0) is 9.47 Å². The summed E-state index contributed by atoms with van der Waals surface area (Å²) in [4.78, 5) is 7.27. The zero-order valence-corrected chi connectivity index (χ0v) is 19.6. The number of fused-ring (bicyclic) bond motifs is 1. The molecular weight excluding hydrogens is 424 g/mol. The Morgan fingerprint density at radius 3 is 2.59 bits per heavy atom. The smallest absolute Gasteiger partial charge is 0.129 e. The van der Waals surface area contributed by atoms with Gasteiger partial charge in [-0.2, -0.15) is 0 Å². The number of aliphatic hydroxyl groups is 1. The van der Waals surface area contributed by atoms with Gasteiger partial charge in [0.15, 0.2) is 0 Å². The van der Waals surface area contributed by atoms with Crippen molar-refractivity contribution in [2.24, 2.45) is 0 Å². The molecule has 170 valence electrons. The van der Waals surface area contributed by atoms with Crippen LogP contribution in [0, 0.1) is 6.92 Å². The van der Waals surface area contributed by atoms with Gasteiger partial charge in [-0.05, 0) is 65.9 Å². The molecule has 1 saturated heterocycles. The standard InChI is InChI=1S/C26H31ClN2O3/c1-3-4-13-32-23(17-30)25-18(2)16-22-21(26(25)19-5-7-20(27)8-6-19)9-10-24(28-22)29-11-14-31-15-12-29/h5-10,16,23,30H,3-4,11-15,17H2,1-2H3. The van der Waals surface area contributed by atoms with Crippen LogP contribution in [0.1, 0.15) is 37.0 Å². The third-order valence-corrected chi connectivity index (χ3v) is 6.25. The molecule has 1 unspecified atom stereocenters. The lowest BCUT2D eigenvalue weighted by Gasteiger charge is -2.28. The lowest BCUT2D eigenvalue weighted by atomic mass is 9.89. The van der Waals surface area contributed by atoms with Gasteiger partial charge in [0.2, 0.25) is 0 Å². The fourth-order valence-corrected chi connectivity index (χ4v) is 4.44. The van der Waals surface area contributed by atoms with Gasteiger partial charge in [-0.3, -0.25) is 0 Å². The Morgan fingerprint density at radius 2 is 1.91 bits per heavy atom. The van der Waals surface area contributed by atoms with Gasteiger partial charge in [0.1, 0.15) is 11.9 Å². The van der Waals surface area contributed by atoms with Crippen molar-refractivity contribution >= 4 is 28.3 Å². The topological polar surface area (TPSA) is 54.8 Å². The largest absolute Gasteiger partial charge is 0.393 e. The van der Waals surface area contributed by atoms with Gasteiger partial charge in [-0.15, -0.1) is 0 Å². The number of aromatic nitrogens is 1. The van der Waals surface area contributed by atoms with E-state index >= 15 is 0 Å². The summed E-state index contributed by atoms with van der Waals surface area (Å²) in [5, 5.41) is 12.0. The van der Waals surface area contributed by atoms with Crippen LogP contribution in [0.4, 0.5) is 5.82 Å². The Hall–Kier alpha value is -2.18. The van der Waals surface area contributed by atoms with Crippen molar-refractivity contribution in [2.45, 2.75) is 32.8 Å². The lowest BCUT2D eigenvalue weighted by molar-refractivity contribution is 0.0105. The number of ether oxygens (including phenoxy) is 2. The Bertz CT molecular complexity index is 1050. The Kier molecular flexibility index (Phi) is 7.63. The third-order valence-electron chi connectivity index (χ3n) is 6.00. The first kappa shape index (κ1) is 23.0. The van der Waals surface area contributed by atoms with Gasteiger partial charge < -0.3 is 19.5 Å². The number of halogens is 1. The molecule has 4 rings (SSSR count). The SMILES string of the molecule is CCCCOC(CO)c1c(C)cc2nc(N3CCOCC3)ccc2c1-c1ccc(Cl)cc1. The number of morpholine rings is 1. The second kappa shape index (κ2) is 10.6. The molecule has 1 fully saturated rings. The second-order valence-electron chi connectivity index (χ2n) is 8.22. The molecule has 1 aromatic heterocycles. The van der Waals surface area contributed by atoms with Crippen molar-refractivity contribution in [3.8, 4) is 11.1 Å². The molecule has 2 heterocycles. The van der Waals surface area contributed by atoms with Crippen LogP contribution >= 0.6 is 11.6 Å². The molecule has 1 aliphatic rings. The molecule has 5 nitrogen and oxygen atoms in total. The zero-order chi connectivity index (χ0) is 22.5. The molecule has 1 atom stereocenters. The number of pyridine rings is 1. The summed E-state index contributed by atoms with van der Waals surface area (Å²) in [6, 6.07) is 14.2. The highest BCUT2D eigenvalue weighted by Crippen LogP contribution is 2.39. The molecule has 1 N–H and O–H groups in total. The van der Waals surface area contributed by atoms with Crippen LogP contribution in [0.15, 0.2) is 42.5 Å². The molecule has 0 aliphatic carbocycles. The number of unbranched alkanes of at least 4 members (excludes halogenated alkanes) is 1. The zero-order valence-electron chi connectivity index (χ0n) is 18.8. The lowest BCUT2D eigenvalue weighted by Crippen LogP contribution is -2.36. The van der Waals surface area contributed by atoms with E-state index in [4.69, 9.17) is 26.1 Å². The molecular formula is C26H31ClN2O3. The number of hydrogen-bond acceptors (Lipinski definition) is 5. The maximum absolute atomic E-state index is 10.2. The van der Waals surface area contributed by atoms with Crippen molar-refractivity contribution in [1.29, 1.82) is 0 Å². The minimum atomic E-state index is -0.393. The predicted molar refractivity (Wildman–Crippen MR) is 131 cm³/mol. The van der Waals surface area contributed by atoms with E-state index in [1.165, 1.54) is 0 Å². The molecule has 0 bridgehead atoms. The van der Waals surface area contributed by atoms with Gasteiger partial charge in [0, 0.05) is 30.1 Å². The summed E-state index contributed by atoms with van der Waals surface area (Å²) in [5.74, 6) is 0.966. The van der Waals surface area contributed by atoms with Gasteiger partial charge in [0.25, 0.3) is 0 Å². The molecule has 32 heavy (non-hydrogen) atoms. The van der Waals surface area contributed by atoms with Crippen LogP contribution in [-0.4, -0.2) is 49.6 Å². The van der Waals surface area contributed by atoms with Gasteiger partial charge in [0.05, 0.1) is 25.3 Å². The first-order valence-electron chi connectivity index (χ1n) is 11.4. The monoisotopic (exact) mass is 454 g/mol. The molecule has 0 spiro atoms. The van der Waals surface area contributed by atoms with E-state index in [2.05, 4.69) is 36.9 Å². The molecule has 1 aliphatic heterocycles. The Balaban J connectivity index is 1.86. The number of nitrogens with zero attached hydrogens (tertiary/aromatic N) is 2. The second-order valence-corrected chi connectivity index (χ2v) is 8.66. The molecule has 0 amide bonds. The van der Waals surface area contributed by atoms with Crippen molar-refractivity contribution in [2.75, 3.05) is 44.4 Å². The van der Waals surface area contributed by atoms with E-state index in [1.54, 1.807) is 0 Å². The highest BCUT2D eigenvalue weighted by Gasteiger charge is 2.23. The number of aliphatic hydroxyl groups excluding tert-OH is 1. The van der Waals surface area contributed by atoms with Crippen molar-refractivity contribution in [3.05, 3.63) is 58.6 Å². The maximum Gasteiger partial charge on any atom is 0.129 e. The van der Waals surface area contributed by atoms with Crippen LogP contribution < -0.4 is 4.90 Å². The van der Waals surface area contributed by atoms with Crippen molar-refractivity contribution in [3.63, 3.8) is 0 Å². The van der Waals surface area contributed by atoms with Gasteiger partial charge in [-0.25, -0.2) is 4.98 Å². The summed E-state index contributed by atoms with van der Waals surface area (Å²) in [6.07, 6.45) is 1.62. The van der Waals surface area contributed by atoms with Gasteiger partial charge >= 0.3 is 0 Å². The number of benzene rings is 2. The number of anilines is 1. The molecule has 3 aromatic rings. The third kappa shape index (κ3) is 4.91. The summed E-state index contributed by atoms with van der Waals surface area (Å²) in [7, 11) is 0. The quantitative estimate of drug-likeness (QED) is 0.452. The fraction of sp³-hybridized carbons (Fsp3) is 0.423. The highest BCUT2D eigenvalue weighted by atomic mass is 35.5. The number of aryl methyl sites for hydroxylation is 1. The van der Waals surface area contributed by atoms with Crippen molar-refractivity contribution in [1.82, 2.24) is 4.98 Å². The molecule has 2 aromatic carbocycles. The average Bonchev–Trinajstić information content (AvgIpc) is 2.82. The first-order valence-corrected chi connectivity index (χ1v) is 11.8. The van der Waals surface area contributed by atoms with E-state index < -0.39 is 6.10 Å². The minimum absolute atomic E-state index is 0.0735.